The minimum Gasteiger partial charge on any atom is -0.494 e. The molecule has 7 nitrogen and oxygen atoms in total. The van der Waals surface area contributed by atoms with E-state index in [1.54, 1.807) is 23.7 Å². The molecule has 0 radical (unpaired) electrons. The smallest absolute Gasteiger partial charge is 0.267 e. The van der Waals surface area contributed by atoms with Crippen LogP contribution < -0.4 is 10.3 Å². The molecule has 2 heterocycles. The maximum Gasteiger partial charge on any atom is 0.267 e. The second-order valence-corrected chi connectivity index (χ2v) is 8.29. The van der Waals surface area contributed by atoms with Gasteiger partial charge in [-0.1, -0.05) is 31.5 Å². The molecule has 0 saturated heterocycles. The molecule has 168 valence electrons. The number of aryl methyl sites for hydroxylation is 1. The summed E-state index contributed by atoms with van der Waals surface area (Å²) in [5, 5.41) is 1.43. The van der Waals surface area contributed by atoms with Crippen LogP contribution in [-0.2, 0) is 16.0 Å². The molecular weight excluding hydrogens is 416 g/mol. The van der Waals surface area contributed by atoms with Crippen molar-refractivity contribution in [2.24, 2.45) is 0 Å². The van der Waals surface area contributed by atoms with Crippen molar-refractivity contribution in [2.45, 2.75) is 26.3 Å². The fourth-order valence-corrected chi connectivity index (χ4v) is 4.94. The quantitative estimate of drug-likeness (QED) is 0.449. The highest BCUT2D eigenvalue weighted by atomic mass is 32.1. The number of ether oxygens (including phenoxy) is 3. The van der Waals surface area contributed by atoms with E-state index < -0.39 is 0 Å². The molecule has 31 heavy (non-hydrogen) atoms. The minimum absolute atomic E-state index is 0.116. The van der Waals surface area contributed by atoms with E-state index in [9.17, 15) is 9.59 Å². The van der Waals surface area contributed by atoms with Crippen molar-refractivity contribution >= 4 is 38.2 Å². The molecular formula is C23H30N2O5S. The number of pyridine rings is 1. The summed E-state index contributed by atoms with van der Waals surface area (Å²) in [6.45, 7) is 4.41. The molecule has 1 aromatic carbocycles. The maximum absolute atomic E-state index is 13.5. The molecule has 0 N–H and O–H groups in total. The number of rotatable bonds is 11. The number of methoxy groups -OCH3 is 3. The Labute approximate surface area is 186 Å². The molecule has 0 atom stereocenters. The number of hydrogen-bond donors (Lipinski definition) is 0. The molecule has 0 fully saturated rings. The summed E-state index contributed by atoms with van der Waals surface area (Å²) in [5.74, 6) is 0.168. The lowest BCUT2D eigenvalue weighted by atomic mass is 10.1. The molecule has 8 heteroatoms. The number of benzene rings is 1. The van der Waals surface area contributed by atoms with Crippen LogP contribution in [-0.4, -0.2) is 63.0 Å². The number of carbonyl (C=O) groups is 1. The van der Waals surface area contributed by atoms with E-state index in [2.05, 4.69) is 6.92 Å². The first-order valence-electron chi connectivity index (χ1n) is 10.5. The van der Waals surface area contributed by atoms with Gasteiger partial charge in [-0.3, -0.25) is 9.59 Å². The lowest BCUT2D eigenvalue weighted by Crippen LogP contribution is -2.36. The number of fused-ring (bicyclic) bond motifs is 3. The fraction of sp³-hybridized carbons (Fsp3) is 0.478. The summed E-state index contributed by atoms with van der Waals surface area (Å²) in [4.78, 5) is 29.1. The molecule has 0 aliphatic heterocycles. The minimum atomic E-state index is -0.185. The lowest BCUT2D eigenvalue weighted by molar-refractivity contribution is 0.0629. The van der Waals surface area contributed by atoms with Crippen LogP contribution in [0.5, 0.6) is 5.75 Å². The predicted octanol–water partition coefficient (Wildman–Crippen LogP) is 3.76. The van der Waals surface area contributed by atoms with Gasteiger partial charge in [-0.2, -0.15) is 0 Å². The summed E-state index contributed by atoms with van der Waals surface area (Å²) < 4.78 is 18.6. The first-order valence-corrected chi connectivity index (χ1v) is 11.3. The van der Waals surface area contributed by atoms with Crippen molar-refractivity contribution in [3.63, 3.8) is 0 Å². The van der Waals surface area contributed by atoms with Crippen LogP contribution in [0, 0.1) is 0 Å². The Morgan fingerprint density at radius 1 is 1.10 bits per heavy atom. The van der Waals surface area contributed by atoms with Gasteiger partial charge in [-0.25, -0.2) is 0 Å². The Balaban J connectivity index is 2.22. The zero-order valence-electron chi connectivity index (χ0n) is 18.6. The number of hydrogen-bond acceptors (Lipinski definition) is 6. The van der Waals surface area contributed by atoms with Crippen molar-refractivity contribution in [1.82, 2.24) is 9.47 Å². The van der Waals surface area contributed by atoms with Gasteiger partial charge in [0.15, 0.2) is 5.75 Å². The largest absolute Gasteiger partial charge is 0.494 e. The highest BCUT2D eigenvalue weighted by Crippen LogP contribution is 2.40. The van der Waals surface area contributed by atoms with Gasteiger partial charge in [-0.15, -0.1) is 11.3 Å². The van der Waals surface area contributed by atoms with Gasteiger partial charge >= 0.3 is 0 Å². The Hall–Kier alpha value is -2.42. The van der Waals surface area contributed by atoms with Gasteiger partial charge in [0.25, 0.3) is 11.5 Å². The highest BCUT2D eigenvalue weighted by Gasteiger charge is 2.27. The fourth-order valence-electron chi connectivity index (χ4n) is 3.68. The van der Waals surface area contributed by atoms with Gasteiger partial charge < -0.3 is 23.7 Å². The lowest BCUT2D eigenvalue weighted by Gasteiger charge is -2.21. The number of unbranched alkanes of at least 4 members (excludes halogenated alkanes) is 1. The zero-order valence-corrected chi connectivity index (χ0v) is 19.4. The summed E-state index contributed by atoms with van der Waals surface area (Å²) >= 11 is 1.32. The van der Waals surface area contributed by atoms with Crippen LogP contribution in [0.2, 0.25) is 0 Å². The SMILES string of the molecule is CCCCn1c(=O)c2c(OC)c(C(=O)N(CCOC)CCOC)sc2c2ccccc21. The van der Waals surface area contributed by atoms with Crippen LogP contribution in [0.3, 0.4) is 0 Å². The van der Waals surface area contributed by atoms with E-state index >= 15 is 0 Å². The normalized spacial score (nSPS) is 11.4. The van der Waals surface area contributed by atoms with Crippen LogP contribution in [0.15, 0.2) is 29.1 Å². The van der Waals surface area contributed by atoms with Crippen molar-refractivity contribution in [1.29, 1.82) is 0 Å². The topological polar surface area (TPSA) is 70.0 Å². The molecule has 0 unspecified atom stereocenters. The van der Waals surface area contributed by atoms with Gasteiger partial charge in [0, 0.05) is 39.2 Å². The Morgan fingerprint density at radius 2 is 1.77 bits per heavy atom. The zero-order chi connectivity index (χ0) is 22.4. The van der Waals surface area contributed by atoms with E-state index in [0.717, 1.165) is 28.4 Å². The average Bonchev–Trinajstić information content (AvgIpc) is 3.19. The predicted molar refractivity (Wildman–Crippen MR) is 125 cm³/mol. The second kappa shape index (κ2) is 10.7. The van der Waals surface area contributed by atoms with E-state index in [1.807, 2.05) is 24.3 Å². The first-order chi connectivity index (χ1) is 15.1. The van der Waals surface area contributed by atoms with Crippen molar-refractivity contribution in [2.75, 3.05) is 47.6 Å². The number of amides is 1. The average molecular weight is 447 g/mol. The van der Waals surface area contributed by atoms with Crippen LogP contribution >= 0.6 is 11.3 Å². The Morgan fingerprint density at radius 3 is 2.39 bits per heavy atom. The molecule has 0 aliphatic rings. The Kier molecular flexibility index (Phi) is 8.06. The third-order valence-corrected chi connectivity index (χ3v) is 6.51. The van der Waals surface area contributed by atoms with Crippen LogP contribution in [0.1, 0.15) is 29.4 Å². The van der Waals surface area contributed by atoms with Gasteiger partial charge in [0.05, 0.1) is 30.5 Å². The number of thiophene rings is 1. The van der Waals surface area contributed by atoms with Crippen molar-refractivity contribution in [3.05, 3.63) is 39.5 Å². The summed E-state index contributed by atoms with van der Waals surface area (Å²) in [7, 11) is 4.71. The summed E-state index contributed by atoms with van der Waals surface area (Å²) in [6.07, 6.45) is 1.88. The number of aromatic nitrogens is 1. The highest BCUT2D eigenvalue weighted by molar-refractivity contribution is 7.22. The molecule has 0 bridgehead atoms. The van der Waals surface area contributed by atoms with E-state index in [-0.39, 0.29) is 11.5 Å². The number of para-hydroxylation sites is 1. The van der Waals surface area contributed by atoms with E-state index in [4.69, 9.17) is 14.2 Å². The summed E-state index contributed by atoms with van der Waals surface area (Å²) in [5.41, 5.74) is 0.765. The third kappa shape index (κ3) is 4.61. The second-order valence-electron chi connectivity index (χ2n) is 7.27. The Bertz CT molecular complexity index is 1100. The van der Waals surface area contributed by atoms with E-state index in [0.29, 0.717) is 48.9 Å². The monoisotopic (exact) mass is 446 g/mol. The third-order valence-electron chi connectivity index (χ3n) is 5.31. The number of nitrogens with zero attached hydrogens (tertiary/aromatic N) is 2. The molecule has 3 aromatic rings. The standard InChI is InChI=1S/C23H30N2O5S/c1-5-6-11-25-17-10-8-7-9-16(17)20-18(22(25)26)19(30-4)21(31-20)23(27)24(12-14-28-2)13-15-29-3/h7-10H,5-6,11-15H2,1-4H3. The van der Waals surface area contributed by atoms with Crippen molar-refractivity contribution in [3.8, 4) is 5.75 Å². The summed E-state index contributed by atoms with van der Waals surface area (Å²) in [6, 6.07) is 7.85. The molecule has 2 aromatic heterocycles. The molecule has 0 saturated carbocycles. The van der Waals surface area contributed by atoms with Gasteiger partial charge in [-0.05, 0) is 12.5 Å². The molecule has 1 amide bonds. The number of carbonyl (C=O) groups excluding carboxylic acids is 1. The van der Waals surface area contributed by atoms with Crippen molar-refractivity contribution < 1.29 is 19.0 Å². The molecule has 0 aliphatic carbocycles. The molecule has 3 rings (SSSR count). The van der Waals surface area contributed by atoms with Gasteiger partial charge in [0.2, 0.25) is 0 Å². The van der Waals surface area contributed by atoms with Gasteiger partial charge in [0.1, 0.15) is 10.3 Å². The van der Waals surface area contributed by atoms with E-state index in [1.165, 1.54) is 18.4 Å². The van der Waals surface area contributed by atoms with Crippen LogP contribution in [0.4, 0.5) is 0 Å². The molecule has 0 spiro atoms. The first kappa shape index (κ1) is 23.2. The van der Waals surface area contributed by atoms with Crippen LogP contribution in [0.25, 0.3) is 21.0 Å². The maximum atomic E-state index is 13.5.